The van der Waals surface area contributed by atoms with Crippen LogP contribution in [0.5, 0.6) is 0 Å². The van der Waals surface area contributed by atoms with E-state index < -0.39 is 0 Å². The van der Waals surface area contributed by atoms with Crippen molar-refractivity contribution in [1.82, 2.24) is 9.97 Å². The van der Waals surface area contributed by atoms with E-state index in [1.807, 2.05) is 6.92 Å². The zero-order chi connectivity index (χ0) is 14.3. The maximum Gasteiger partial charge on any atom is 0.150 e. The summed E-state index contributed by atoms with van der Waals surface area (Å²) in [5.74, 6) is 0.989. The molecule has 2 aliphatic rings. The minimum absolute atomic E-state index is 0.154. The molecule has 110 valence electrons. The van der Waals surface area contributed by atoms with Crippen LogP contribution in [-0.4, -0.2) is 41.8 Å². The number of halogens is 1. The molecule has 0 aromatic carbocycles. The standard InChI is InChI=1S/C14H21BrN4O/c1-9-13(17-7-11(15)18-9)19-5-3-14(4-6-19)8-20-10(2)12(14)16/h7,10,12H,3-6,8,16H2,1-2H3/t10-,12+/m0/s1. The zero-order valence-electron chi connectivity index (χ0n) is 12.0. The van der Waals surface area contributed by atoms with Crippen molar-refractivity contribution in [2.75, 3.05) is 24.6 Å². The molecular weight excluding hydrogens is 320 g/mol. The Kier molecular flexibility index (Phi) is 3.73. The van der Waals surface area contributed by atoms with Crippen LogP contribution in [0.3, 0.4) is 0 Å². The highest BCUT2D eigenvalue weighted by Crippen LogP contribution is 2.41. The maximum atomic E-state index is 6.34. The Bertz CT molecular complexity index is 502. The lowest BCUT2D eigenvalue weighted by Crippen LogP contribution is -2.50. The zero-order valence-corrected chi connectivity index (χ0v) is 13.6. The minimum Gasteiger partial charge on any atom is -0.376 e. The second kappa shape index (κ2) is 5.24. The van der Waals surface area contributed by atoms with Crippen molar-refractivity contribution in [3.05, 3.63) is 16.5 Å². The number of ether oxygens (including phenoxy) is 1. The lowest BCUT2D eigenvalue weighted by atomic mass is 9.73. The Labute approximate surface area is 128 Å². The van der Waals surface area contributed by atoms with Crippen LogP contribution in [0.15, 0.2) is 10.8 Å². The van der Waals surface area contributed by atoms with Crippen LogP contribution >= 0.6 is 15.9 Å². The van der Waals surface area contributed by atoms with Gasteiger partial charge in [0.1, 0.15) is 10.4 Å². The van der Waals surface area contributed by atoms with Crippen LogP contribution in [0.2, 0.25) is 0 Å². The molecule has 2 atom stereocenters. The SMILES string of the molecule is Cc1nc(Br)cnc1N1CCC2(CC1)CO[C@@H](C)[C@H]2N. The summed E-state index contributed by atoms with van der Waals surface area (Å²) < 4.78 is 6.55. The van der Waals surface area contributed by atoms with Crippen molar-refractivity contribution in [3.63, 3.8) is 0 Å². The number of rotatable bonds is 1. The first-order valence-electron chi connectivity index (χ1n) is 7.13. The van der Waals surface area contributed by atoms with Crippen LogP contribution < -0.4 is 10.6 Å². The van der Waals surface area contributed by atoms with E-state index >= 15 is 0 Å². The predicted molar refractivity (Wildman–Crippen MR) is 81.7 cm³/mol. The molecule has 1 aromatic heterocycles. The molecule has 0 bridgehead atoms. The molecule has 0 radical (unpaired) electrons. The topological polar surface area (TPSA) is 64.3 Å². The van der Waals surface area contributed by atoms with Gasteiger partial charge < -0.3 is 15.4 Å². The monoisotopic (exact) mass is 340 g/mol. The van der Waals surface area contributed by atoms with E-state index in [1.54, 1.807) is 6.20 Å². The summed E-state index contributed by atoms with van der Waals surface area (Å²) in [6.07, 6.45) is 4.07. The molecule has 1 spiro atoms. The van der Waals surface area contributed by atoms with E-state index in [9.17, 15) is 0 Å². The largest absolute Gasteiger partial charge is 0.376 e. The summed E-state index contributed by atoms with van der Waals surface area (Å²) in [6.45, 7) is 6.83. The second-order valence-electron chi connectivity index (χ2n) is 5.99. The van der Waals surface area contributed by atoms with Crippen molar-refractivity contribution in [1.29, 1.82) is 0 Å². The highest BCUT2D eigenvalue weighted by atomic mass is 79.9. The van der Waals surface area contributed by atoms with Gasteiger partial charge in [-0.15, -0.1) is 0 Å². The third kappa shape index (κ3) is 2.34. The summed E-state index contributed by atoms with van der Waals surface area (Å²) >= 11 is 3.36. The molecule has 3 heterocycles. The fourth-order valence-corrected chi connectivity index (χ4v) is 3.76. The summed E-state index contributed by atoms with van der Waals surface area (Å²) in [5.41, 5.74) is 7.47. The van der Waals surface area contributed by atoms with Gasteiger partial charge in [0.2, 0.25) is 0 Å². The van der Waals surface area contributed by atoms with E-state index in [-0.39, 0.29) is 17.6 Å². The molecular formula is C14H21BrN4O. The first-order chi connectivity index (χ1) is 9.52. The summed E-state index contributed by atoms with van der Waals surface area (Å²) in [7, 11) is 0. The Morgan fingerprint density at radius 2 is 2.15 bits per heavy atom. The Morgan fingerprint density at radius 3 is 2.70 bits per heavy atom. The number of nitrogens with two attached hydrogens (primary N) is 1. The van der Waals surface area contributed by atoms with Crippen molar-refractivity contribution in [2.45, 2.75) is 38.8 Å². The number of aromatic nitrogens is 2. The van der Waals surface area contributed by atoms with Gasteiger partial charge in [-0.3, -0.25) is 0 Å². The molecule has 6 heteroatoms. The lowest BCUT2D eigenvalue weighted by molar-refractivity contribution is 0.0974. The molecule has 1 aromatic rings. The first kappa shape index (κ1) is 14.2. The van der Waals surface area contributed by atoms with Gasteiger partial charge in [-0.1, -0.05) is 0 Å². The lowest BCUT2D eigenvalue weighted by Gasteiger charge is -2.41. The summed E-state index contributed by atoms with van der Waals surface area (Å²) in [6, 6.07) is 0.154. The number of hydrogen-bond acceptors (Lipinski definition) is 5. The number of hydrogen-bond donors (Lipinski definition) is 1. The minimum atomic E-state index is 0.154. The first-order valence-corrected chi connectivity index (χ1v) is 7.92. The van der Waals surface area contributed by atoms with E-state index in [0.29, 0.717) is 0 Å². The quantitative estimate of drug-likeness (QED) is 0.845. The fraction of sp³-hybridized carbons (Fsp3) is 0.714. The van der Waals surface area contributed by atoms with Crippen LogP contribution in [-0.2, 0) is 4.74 Å². The van der Waals surface area contributed by atoms with Gasteiger partial charge in [-0.2, -0.15) is 0 Å². The van der Waals surface area contributed by atoms with Crippen LogP contribution in [0.1, 0.15) is 25.5 Å². The third-order valence-electron chi connectivity index (χ3n) is 4.80. The molecule has 2 fully saturated rings. The molecule has 0 saturated carbocycles. The molecule has 2 aliphatic heterocycles. The van der Waals surface area contributed by atoms with Crippen molar-refractivity contribution >= 4 is 21.7 Å². The van der Waals surface area contributed by atoms with Crippen molar-refractivity contribution in [2.24, 2.45) is 11.1 Å². The summed E-state index contributed by atoms with van der Waals surface area (Å²) in [5, 5.41) is 0. The molecule has 20 heavy (non-hydrogen) atoms. The normalized spacial score (nSPS) is 29.1. The average Bonchev–Trinajstić information content (AvgIpc) is 2.70. The number of anilines is 1. The molecule has 0 amide bonds. The van der Waals surface area contributed by atoms with Crippen LogP contribution in [0.25, 0.3) is 0 Å². The van der Waals surface area contributed by atoms with Gasteiger partial charge in [0.25, 0.3) is 0 Å². The van der Waals surface area contributed by atoms with Crippen LogP contribution in [0, 0.1) is 12.3 Å². The molecule has 5 nitrogen and oxygen atoms in total. The molecule has 3 rings (SSSR count). The van der Waals surface area contributed by atoms with E-state index in [4.69, 9.17) is 10.5 Å². The third-order valence-corrected chi connectivity index (χ3v) is 5.18. The highest BCUT2D eigenvalue weighted by Gasteiger charge is 2.47. The fourth-order valence-electron chi connectivity index (χ4n) is 3.39. The molecule has 2 N–H and O–H groups in total. The van der Waals surface area contributed by atoms with E-state index in [1.165, 1.54) is 0 Å². The van der Waals surface area contributed by atoms with E-state index in [2.05, 4.69) is 37.7 Å². The van der Waals surface area contributed by atoms with Gasteiger partial charge in [0.15, 0.2) is 0 Å². The number of piperidine rings is 1. The Morgan fingerprint density at radius 1 is 1.45 bits per heavy atom. The van der Waals surface area contributed by atoms with Gasteiger partial charge in [0, 0.05) is 24.5 Å². The van der Waals surface area contributed by atoms with Crippen LogP contribution in [0.4, 0.5) is 5.82 Å². The van der Waals surface area contributed by atoms with Gasteiger partial charge in [-0.25, -0.2) is 9.97 Å². The smallest absolute Gasteiger partial charge is 0.150 e. The Hall–Kier alpha value is -0.720. The highest BCUT2D eigenvalue weighted by molar-refractivity contribution is 9.10. The van der Waals surface area contributed by atoms with Gasteiger partial charge in [-0.05, 0) is 42.6 Å². The maximum absolute atomic E-state index is 6.34. The second-order valence-corrected chi connectivity index (χ2v) is 6.81. The van der Waals surface area contributed by atoms with Gasteiger partial charge in [0.05, 0.1) is 24.6 Å². The predicted octanol–water partition coefficient (Wildman–Crippen LogP) is 1.88. The van der Waals surface area contributed by atoms with Crippen molar-refractivity contribution in [3.8, 4) is 0 Å². The summed E-state index contributed by atoms with van der Waals surface area (Å²) in [4.78, 5) is 11.2. The molecule has 2 saturated heterocycles. The number of nitrogens with zero attached hydrogens (tertiary/aromatic N) is 3. The van der Waals surface area contributed by atoms with E-state index in [0.717, 1.165) is 48.7 Å². The van der Waals surface area contributed by atoms with Crippen molar-refractivity contribution < 1.29 is 4.74 Å². The number of aryl methyl sites for hydroxylation is 1. The van der Waals surface area contributed by atoms with Gasteiger partial charge >= 0.3 is 0 Å². The molecule has 0 aliphatic carbocycles. The Balaban J connectivity index is 1.73. The average molecular weight is 341 g/mol. The molecule has 0 unspecified atom stereocenters.